The highest BCUT2D eigenvalue weighted by atomic mass is 16.5. The van der Waals surface area contributed by atoms with Crippen molar-refractivity contribution >= 4 is 0 Å². The molecule has 1 aromatic carbocycles. The molecule has 0 bridgehead atoms. The molecule has 0 aliphatic carbocycles. The van der Waals surface area contributed by atoms with Crippen LogP contribution in [0.2, 0.25) is 0 Å². The summed E-state index contributed by atoms with van der Waals surface area (Å²) in [6, 6.07) is 6.50. The Morgan fingerprint density at radius 2 is 1.80 bits per heavy atom. The van der Waals surface area contributed by atoms with E-state index in [4.69, 9.17) is 4.74 Å². The minimum atomic E-state index is -0.515. The van der Waals surface area contributed by atoms with E-state index in [9.17, 15) is 5.11 Å². The highest BCUT2D eigenvalue weighted by Gasteiger charge is 2.11. The third-order valence-electron chi connectivity index (χ3n) is 3.74. The van der Waals surface area contributed by atoms with Gasteiger partial charge in [-0.3, -0.25) is 0 Å². The molecule has 0 unspecified atom stereocenters. The lowest BCUT2D eigenvalue weighted by Crippen LogP contribution is -2.17. The first-order valence-corrected chi connectivity index (χ1v) is 7.84. The fourth-order valence-electron chi connectivity index (χ4n) is 2.47. The van der Waals surface area contributed by atoms with E-state index < -0.39 is 5.60 Å². The highest BCUT2D eigenvalue weighted by Crippen LogP contribution is 2.23. The van der Waals surface area contributed by atoms with Crippen LogP contribution in [-0.2, 0) is 12.8 Å². The topological polar surface area (TPSA) is 29.5 Å². The lowest BCUT2D eigenvalue weighted by Gasteiger charge is -2.16. The standard InChI is InChI=1S/C18H30O2/c1-5-15-11-12-17(20-4)16(14-15)10-8-6-7-9-13-18(2,3)19/h11-12,14,19H,5-10,13H2,1-4H3. The molecule has 20 heavy (non-hydrogen) atoms. The van der Waals surface area contributed by atoms with E-state index in [2.05, 4.69) is 25.1 Å². The second kappa shape index (κ2) is 8.31. The van der Waals surface area contributed by atoms with Crippen LogP contribution < -0.4 is 4.74 Å². The lowest BCUT2D eigenvalue weighted by molar-refractivity contribution is 0.0680. The fourth-order valence-corrected chi connectivity index (χ4v) is 2.47. The van der Waals surface area contributed by atoms with E-state index in [0.717, 1.165) is 31.4 Å². The van der Waals surface area contributed by atoms with Crippen LogP contribution in [0.15, 0.2) is 18.2 Å². The third kappa shape index (κ3) is 6.42. The van der Waals surface area contributed by atoms with E-state index in [-0.39, 0.29) is 0 Å². The predicted octanol–water partition coefficient (Wildman–Crippen LogP) is 4.52. The SMILES string of the molecule is CCc1ccc(OC)c(CCCCCCC(C)(C)O)c1. The van der Waals surface area contributed by atoms with Crippen molar-refractivity contribution < 1.29 is 9.84 Å². The molecular formula is C18H30O2. The highest BCUT2D eigenvalue weighted by molar-refractivity contribution is 5.37. The van der Waals surface area contributed by atoms with Gasteiger partial charge in [-0.15, -0.1) is 0 Å². The Labute approximate surface area is 124 Å². The van der Waals surface area contributed by atoms with Gasteiger partial charge in [0.25, 0.3) is 0 Å². The number of hydrogen-bond donors (Lipinski definition) is 1. The first-order chi connectivity index (χ1) is 9.46. The zero-order valence-corrected chi connectivity index (χ0v) is 13.5. The average Bonchev–Trinajstić information content (AvgIpc) is 2.41. The summed E-state index contributed by atoms with van der Waals surface area (Å²) < 4.78 is 5.43. The van der Waals surface area contributed by atoms with Crippen LogP contribution in [0.5, 0.6) is 5.75 Å². The predicted molar refractivity (Wildman–Crippen MR) is 85.5 cm³/mol. The Hall–Kier alpha value is -1.02. The van der Waals surface area contributed by atoms with E-state index >= 15 is 0 Å². The van der Waals surface area contributed by atoms with Crippen molar-refractivity contribution in [1.29, 1.82) is 0 Å². The smallest absolute Gasteiger partial charge is 0.122 e. The molecule has 0 amide bonds. The van der Waals surface area contributed by atoms with Crippen LogP contribution in [0, 0.1) is 0 Å². The summed E-state index contributed by atoms with van der Waals surface area (Å²) in [4.78, 5) is 0. The Balaban J connectivity index is 2.34. The van der Waals surface area contributed by atoms with Crippen LogP contribution in [0.4, 0.5) is 0 Å². The minimum Gasteiger partial charge on any atom is -0.496 e. The number of ether oxygens (including phenoxy) is 1. The molecule has 0 aliphatic heterocycles. The molecule has 0 heterocycles. The second-order valence-electron chi connectivity index (χ2n) is 6.23. The summed E-state index contributed by atoms with van der Waals surface area (Å²) in [5, 5.41) is 9.66. The number of methoxy groups -OCH3 is 1. The summed E-state index contributed by atoms with van der Waals surface area (Å²) >= 11 is 0. The van der Waals surface area contributed by atoms with Gasteiger partial charge in [-0.05, 0) is 56.7 Å². The van der Waals surface area contributed by atoms with Crippen molar-refractivity contribution in [2.75, 3.05) is 7.11 Å². The van der Waals surface area contributed by atoms with Crippen molar-refractivity contribution in [1.82, 2.24) is 0 Å². The third-order valence-corrected chi connectivity index (χ3v) is 3.74. The largest absolute Gasteiger partial charge is 0.496 e. The van der Waals surface area contributed by atoms with Gasteiger partial charge in [-0.25, -0.2) is 0 Å². The maximum atomic E-state index is 9.66. The van der Waals surface area contributed by atoms with Crippen molar-refractivity contribution in [2.45, 2.75) is 71.3 Å². The molecule has 114 valence electrons. The number of benzene rings is 1. The molecule has 0 saturated carbocycles. The number of aryl methyl sites for hydroxylation is 2. The van der Waals surface area contributed by atoms with Gasteiger partial charge < -0.3 is 9.84 Å². The molecule has 0 atom stereocenters. The number of unbranched alkanes of at least 4 members (excludes halogenated alkanes) is 3. The Bertz CT molecular complexity index is 391. The monoisotopic (exact) mass is 278 g/mol. The molecule has 0 aliphatic rings. The molecule has 0 radical (unpaired) electrons. The zero-order valence-electron chi connectivity index (χ0n) is 13.5. The molecule has 0 aromatic heterocycles. The number of aliphatic hydroxyl groups is 1. The molecule has 0 spiro atoms. The van der Waals surface area contributed by atoms with Gasteiger partial charge >= 0.3 is 0 Å². The molecule has 1 N–H and O–H groups in total. The molecule has 1 aromatic rings. The molecule has 2 heteroatoms. The van der Waals surface area contributed by atoms with Gasteiger partial charge in [-0.2, -0.15) is 0 Å². The molecular weight excluding hydrogens is 248 g/mol. The Morgan fingerprint density at radius 1 is 1.10 bits per heavy atom. The Kier molecular flexibility index (Phi) is 7.08. The van der Waals surface area contributed by atoms with Crippen LogP contribution in [0.25, 0.3) is 0 Å². The first kappa shape index (κ1) is 17.0. The van der Waals surface area contributed by atoms with Gasteiger partial charge in [0, 0.05) is 0 Å². The molecule has 0 fully saturated rings. The summed E-state index contributed by atoms with van der Waals surface area (Å²) in [6.45, 7) is 5.95. The van der Waals surface area contributed by atoms with Crippen LogP contribution in [-0.4, -0.2) is 17.8 Å². The second-order valence-corrected chi connectivity index (χ2v) is 6.23. The van der Waals surface area contributed by atoms with Crippen molar-refractivity contribution in [3.63, 3.8) is 0 Å². The summed E-state index contributed by atoms with van der Waals surface area (Å²) in [5.74, 6) is 1.01. The van der Waals surface area contributed by atoms with Gasteiger partial charge in [0.15, 0.2) is 0 Å². The lowest BCUT2D eigenvalue weighted by atomic mass is 9.98. The number of hydrogen-bond acceptors (Lipinski definition) is 2. The normalized spacial score (nSPS) is 11.7. The van der Waals surface area contributed by atoms with Crippen molar-refractivity contribution in [2.24, 2.45) is 0 Å². The van der Waals surface area contributed by atoms with E-state index in [0.29, 0.717) is 0 Å². The minimum absolute atomic E-state index is 0.515. The van der Waals surface area contributed by atoms with Gasteiger partial charge in [-0.1, -0.05) is 38.3 Å². The molecule has 0 saturated heterocycles. The summed E-state index contributed by atoms with van der Waals surface area (Å²) in [7, 11) is 1.74. The fraction of sp³-hybridized carbons (Fsp3) is 0.667. The number of rotatable bonds is 9. The van der Waals surface area contributed by atoms with Crippen molar-refractivity contribution in [3.8, 4) is 5.75 Å². The first-order valence-electron chi connectivity index (χ1n) is 7.84. The Morgan fingerprint density at radius 3 is 2.40 bits per heavy atom. The quantitative estimate of drug-likeness (QED) is 0.673. The van der Waals surface area contributed by atoms with Crippen molar-refractivity contribution in [3.05, 3.63) is 29.3 Å². The average molecular weight is 278 g/mol. The summed E-state index contributed by atoms with van der Waals surface area (Å²) in [5.41, 5.74) is 2.19. The van der Waals surface area contributed by atoms with Crippen LogP contribution >= 0.6 is 0 Å². The van der Waals surface area contributed by atoms with Crippen LogP contribution in [0.1, 0.15) is 64.0 Å². The van der Waals surface area contributed by atoms with Crippen LogP contribution in [0.3, 0.4) is 0 Å². The van der Waals surface area contributed by atoms with E-state index in [1.807, 2.05) is 13.8 Å². The molecule has 1 rings (SSSR count). The van der Waals surface area contributed by atoms with E-state index in [1.165, 1.54) is 30.4 Å². The van der Waals surface area contributed by atoms with E-state index in [1.54, 1.807) is 7.11 Å². The van der Waals surface area contributed by atoms with Gasteiger partial charge in [0.05, 0.1) is 12.7 Å². The zero-order chi connectivity index (χ0) is 15.0. The maximum absolute atomic E-state index is 9.66. The van der Waals surface area contributed by atoms with Gasteiger partial charge in [0.2, 0.25) is 0 Å². The van der Waals surface area contributed by atoms with Gasteiger partial charge in [0.1, 0.15) is 5.75 Å². The maximum Gasteiger partial charge on any atom is 0.122 e. The summed E-state index contributed by atoms with van der Waals surface area (Å²) in [6.07, 6.45) is 7.75. The molecule has 2 nitrogen and oxygen atoms in total.